The highest BCUT2D eigenvalue weighted by Crippen LogP contribution is 2.22. The summed E-state index contributed by atoms with van der Waals surface area (Å²) in [7, 11) is 3.08. The zero-order valence-electron chi connectivity index (χ0n) is 12.0. The molecule has 2 aromatic carbocycles. The molecule has 0 aromatic heterocycles. The highest BCUT2D eigenvalue weighted by molar-refractivity contribution is 5.32. The fourth-order valence-corrected chi connectivity index (χ4v) is 1.88. The summed E-state index contributed by atoms with van der Waals surface area (Å²) in [6.45, 7) is 0.176. The number of ether oxygens (including phenoxy) is 3. The SMILES string of the molecule is COc1ccc(OCC(N)c2ccc(OC)cc2F)cc1. The fourth-order valence-electron chi connectivity index (χ4n) is 1.88. The van der Waals surface area contributed by atoms with Gasteiger partial charge in [0, 0.05) is 11.6 Å². The molecule has 0 bridgehead atoms. The molecular weight excluding hydrogens is 273 g/mol. The van der Waals surface area contributed by atoms with Crippen molar-refractivity contribution in [3.8, 4) is 17.2 Å². The fraction of sp³-hybridized carbons (Fsp3) is 0.250. The first-order chi connectivity index (χ1) is 10.1. The first-order valence-electron chi connectivity index (χ1n) is 6.50. The molecule has 1 unspecified atom stereocenters. The standard InChI is InChI=1S/C16H18FNO3/c1-19-11-3-5-12(6-4-11)21-10-16(18)14-8-7-13(20-2)9-15(14)17/h3-9,16H,10,18H2,1-2H3. The lowest BCUT2D eigenvalue weighted by molar-refractivity contribution is 0.287. The summed E-state index contributed by atoms with van der Waals surface area (Å²) in [4.78, 5) is 0. The van der Waals surface area contributed by atoms with Crippen LogP contribution >= 0.6 is 0 Å². The number of benzene rings is 2. The van der Waals surface area contributed by atoms with Crippen molar-refractivity contribution in [3.63, 3.8) is 0 Å². The number of methoxy groups -OCH3 is 2. The minimum absolute atomic E-state index is 0.176. The predicted molar refractivity (Wildman–Crippen MR) is 78.4 cm³/mol. The van der Waals surface area contributed by atoms with E-state index in [-0.39, 0.29) is 6.61 Å². The Balaban J connectivity index is 1.99. The molecule has 4 nitrogen and oxygen atoms in total. The van der Waals surface area contributed by atoms with E-state index in [9.17, 15) is 4.39 Å². The van der Waals surface area contributed by atoms with Gasteiger partial charge in [-0.15, -0.1) is 0 Å². The number of rotatable bonds is 6. The summed E-state index contributed by atoms with van der Waals surface area (Å²) < 4.78 is 29.5. The molecule has 2 N–H and O–H groups in total. The zero-order valence-corrected chi connectivity index (χ0v) is 12.0. The summed E-state index contributed by atoms with van der Waals surface area (Å²) in [5.41, 5.74) is 6.35. The normalized spacial score (nSPS) is 11.8. The quantitative estimate of drug-likeness (QED) is 0.889. The van der Waals surface area contributed by atoms with E-state index in [0.29, 0.717) is 17.1 Å². The summed E-state index contributed by atoms with van der Waals surface area (Å²) >= 11 is 0. The number of halogens is 1. The van der Waals surface area contributed by atoms with E-state index in [1.165, 1.54) is 13.2 Å². The monoisotopic (exact) mass is 291 g/mol. The summed E-state index contributed by atoms with van der Waals surface area (Å²) in [5.74, 6) is 1.45. The lowest BCUT2D eigenvalue weighted by Gasteiger charge is -2.15. The first-order valence-corrected chi connectivity index (χ1v) is 6.50. The van der Waals surface area contributed by atoms with E-state index in [1.807, 2.05) is 0 Å². The maximum absolute atomic E-state index is 13.9. The first kappa shape index (κ1) is 15.1. The largest absolute Gasteiger partial charge is 0.497 e. The van der Waals surface area contributed by atoms with E-state index < -0.39 is 11.9 Å². The Morgan fingerprint density at radius 2 is 1.52 bits per heavy atom. The molecule has 0 amide bonds. The van der Waals surface area contributed by atoms with Crippen LogP contribution in [0.15, 0.2) is 42.5 Å². The lowest BCUT2D eigenvalue weighted by Crippen LogP contribution is -2.20. The molecule has 0 saturated carbocycles. The third kappa shape index (κ3) is 3.86. The molecule has 5 heteroatoms. The van der Waals surface area contributed by atoms with Gasteiger partial charge in [-0.2, -0.15) is 0 Å². The molecule has 0 fully saturated rings. The third-order valence-corrected chi connectivity index (χ3v) is 3.10. The highest BCUT2D eigenvalue weighted by Gasteiger charge is 2.13. The van der Waals surface area contributed by atoms with Crippen LogP contribution in [0.1, 0.15) is 11.6 Å². The maximum Gasteiger partial charge on any atom is 0.131 e. The molecule has 2 aromatic rings. The zero-order chi connectivity index (χ0) is 15.2. The predicted octanol–water partition coefficient (Wildman–Crippen LogP) is 2.92. The van der Waals surface area contributed by atoms with E-state index >= 15 is 0 Å². The summed E-state index contributed by atoms with van der Waals surface area (Å²) in [6.07, 6.45) is 0. The van der Waals surface area contributed by atoms with Gasteiger partial charge in [0.15, 0.2) is 0 Å². The second-order valence-corrected chi connectivity index (χ2v) is 4.48. The van der Waals surface area contributed by atoms with Gasteiger partial charge in [0.1, 0.15) is 29.7 Å². The van der Waals surface area contributed by atoms with Crippen LogP contribution in [0.3, 0.4) is 0 Å². The van der Waals surface area contributed by atoms with Crippen LogP contribution in [0.4, 0.5) is 4.39 Å². The van der Waals surface area contributed by atoms with E-state index in [0.717, 1.165) is 5.75 Å². The molecule has 0 aliphatic heterocycles. The smallest absolute Gasteiger partial charge is 0.131 e. The van der Waals surface area contributed by atoms with Crippen LogP contribution < -0.4 is 19.9 Å². The van der Waals surface area contributed by atoms with Crippen LogP contribution in [-0.4, -0.2) is 20.8 Å². The molecule has 21 heavy (non-hydrogen) atoms. The Bertz CT molecular complexity index is 587. The van der Waals surface area contributed by atoms with Crippen molar-refractivity contribution in [3.05, 3.63) is 53.8 Å². The number of hydrogen-bond acceptors (Lipinski definition) is 4. The molecule has 2 rings (SSSR count). The molecular formula is C16H18FNO3. The minimum atomic E-state index is -0.557. The van der Waals surface area contributed by atoms with Crippen molar-refractivity contribution in [2.75, 3.05) is 20.8 Å². The van der Waals surface area contributed by atoms with Gasteiger partial charge in [-0.05, 0) is 30.3 Å². The van der Waals surface area contributed by atoms with Gasteiger partial charge in [-0.1, -0.05) is 6.07 Å². The van der Waals surface area contributed by atoms with Gasteiger partial charge in [0.05, 0.1) is 20.3 Å². The number of nitrogens with two attached hydrogens (primary N) is 1. The second-order valence-electron chi connectivity index (χ2n) is 4.48. The van der Waals surface area contributed by atoms with Gasteiger partial charge in [0.25, 0.3) is 0 Å². The molecule has 0 heterocycles. The average Bonchev–Trinajstić information content (AvgIpc) is 2.52. The molecule has 0 aliphatic rings. The van der Waals surface area contributed by atoms with E-state index in [4.69, 9.17) is 19.9 Å². The summed E-state index contributed by atoms with van der Waals surface area (Å²) in [6, 6.07) is 11.2. The van der Waals surface area contributed by atoms with Crippen molar-refractivity contribution in [1.82, 2.24) is 0 Å². The Labute approximate surface area is 123 Å². The molecule has 112 valence electrons. The van der Waals surface area contributed by atoms with Crippen molar-refractivity contribution in [1.29, 1.82) is 0 Å². The van der Waals surface area contributed by atoms with Gasteiger partial charge >= 0.3 is 0 Å². The minimum Gasteiger partial charge on any atom is -0.497 e. The van der Waals surface area contributed by atoms with Crippen molar-refractivity contribution >= 4 is 0 Å². The van der Waals surface area contributed by atoms with Gasteiger partial charge in [0.2, 0.25) is 0 Å². The van der Waals surface area contributed by atoms with Crippen LogP contribution in [0.25, 0.3) is 0 Å². The molecule has 1 atom stereocenters. The van der Waals surface area contributed by atoms with Gasteiger partial charge < -0.3 is 19.9 Å². The lowest BCUT2D eigenvalue weighted by atomic mass is 10.1. The van der Waals surface area contributed by atoms with Gasteiger partial charge in [-0.3, -0.25) is 0 Å². The van der Waals surface area contributed by atoms with Crippen LogP contribution in [-0.2, 0) is 0 Å². The molecule has 0 spiro atoms. The van der Waals surface area contributed by atoms with E-state index in [2.05, 4.69) is 0 Å². The number of hydrogen-bond donors (Lipinski definition) is 1. The maximum atomic E-state index is 13.9. The van der Waals surface area contributed by atoms with Crippen molar-refractivity contribution in [2.24, 2.45) is 5.73 Å². The Morgan fingerprint density at radius 1 is 0.952 bits per heavy atom. The van der Waals surface area contributed by atoms with Crippen molar-refractivity contribution in [2.45, 2.75) is 6.04 Å². The highest BCUT2D eigenvalue weighted by atomic mass is 19.1. The Morgan fingerprint density at radius 3 is 2.10 bits per heavy atom. The Kier molecular flexibility index (Phi) is 5.00. The van der Waals surface area contributed by atoms with Crippen LogP contribution in [0.5, 0.6) is 17.2 Å². The van der Waals surface area contributed by atoms with Crippen molar-refractivity contribution < 1.29 is 18.6 Å². The van der Waals surface area contributed by atoms with E-state index in [1.54, 1.807) is 43.5 Å². The molecule has 0 saturated heterocycles. The summed E-state index contributed by atoms with van der Waals surface area (Å²) in [5, 5.41) is 0. The third-order valence-electron chi connectivity index (χ3n) is 3.10. The van der Waals surface area contributed by atoms with Gasteiger partial charge in [-0.25, -0.2) is 4.39 Å². The van der Waals surface area contributed by atoms with Crippen LogP contribution in [0.2, 0.25) is 0 Å². The average molecular weight is 291 g/mol. The molecule has 0 aliphatic carbocycles. The topological polar surface area (TPSA) is 53.7 Å². The molecule has 0 radical (unpaired) electrons. The Hall–Kier alpha value is -2.27. The van der Waals surface area contributed by atoms with Crippen LogP contribution in [0, 0.1) is 5.82 Å². The second kappa shape index (κ2) is 6.95.